The van der Waals surface area contributed by atoms with Crippen LogP contribution >= 0.6 is 0 Å². The van der Waals surface area contributed by atoms with E-state index in [0.717, 1.165) is 11.4 Å². The summed E-state index contributed by atoms with van der Waals surface area (Å²) >= 11 is 0. The van der Waals surface area contributed by atoms with Gasteiger partial charge in [0.2, 0.25) is 0 Å². The molecule has 1 amide bonds. The quantitative estimate of drug-likeness (QED) is 0.683. The number of pyridine rings is 1. The Bertz CT molecular complexity index is 946. The second-order valence-corrected chi connectivity index (χ2v) is 6.07. The lowest BCUT2D eigenvalue weighted by Crippen LogP contribution is -2.20. The molecule has 7 nitrogen and oxygen atoms in total. The van der Waals surface area contributed by atoms with Crippen LogP contribution in [0.1, 0.15) is 0 Å². The van der Waals surface area contributed by atoms with Crippen molar-refractivity contribution in [3.8, 4) is 17.2 Å². The number of rotatable bonds is 6. The van der Waals surface area contributed by atoms with Crippen molar-refractivity contribution < 1.29 is 19.0 Å². The first-order valence-electron chi connectivity index (χ1n) is 8.87. The van der Waals surface area contributed by atoms with Gasteiger partial charge in [-0.1, -0.05) is 18.2 Å². The molecule has 2 aromatic carbocycles. The minimum atomic E-state index is -0.252. The Hall–Kier alpha value is -3.74. The van der Waals surface area contributed by atoms with E-state index >= 15 is 0 Å². The lowest BCUT2D eigenvalue weighted by molar-refractivity contribution is -0.118. The molecule has 0 unspecified atom stereocenters. The van der Waals surface area contributed by atoms with Crippen molar-refractivity contribution in [2.75, 3.05) is 30.5 Å². The van der Waals surface area contributed by atoms with E-state index in [1.807, 2.05) is 36.4 Å². The zero-order valence-corrected chi connectivity index (χ0v) is 15.1. The van der Waals surface area contributed by atoms with E-state index in [0.29, 0.717) is 36.2 Å². The first-order chi connectivity index (χ1) is 13.8. The summed E-state index contributed by atoms with van der Waals surface area (Å²) in [5, 5.41) is 5.95. The third kappa shape index (κ3) is 4.50. The first-order valence-corrected chi connectivity index (χ1v) is 8.87. The minimum Gasteiger partial charge on any atom is -0.486 e. The van der Waals surface area contributed by atoms with Crippen LogP contribution in [0.15, 0.2) is 66.9 Å². The van der Waals surface area contributed by atoms with Gasteiger partial charge < -0.3 is 24.8 Å². The van der Waals surface area contributed by atoms with Crippen molar-refractivity contribution >= 4 is 23.1 Å². The number of hydrogen-bond donors (Lipinski definition) is 2. The van der Waals surface area contributed by atoms with Crippen molar-refractivity contribution in [2.24, 2.45) is 0 Å². The number of anilines is 3. The SMILES string of the molecule is O=C(COc1ccccc1)Nc1ccc(Nc2ccc3c(c2)OCCO3)nc1. The number of carbonyl (C=O) groups excluding carboxylic acids is 1. The Morgan fingerprint density at radius 3 is 2.54 bits per heavy atom. The number of carbonyl (C=O) groups is 1. The summed E-state index contributed by atoms with van der Waals surface area (Å²) in [5.74, 6) is 2.49. The van der Waals surface area contributed by atoms with Gasteiger partial charge in [-0.25, -0.2) is 4.98 Å². The predicted octanol–water partition coefficient (Wildman–Crippen LogP) is 3.61. The Labute approximate surface area is 162 Å². The van der Waals surface area contributed by atoms with E-state index in [-0.39, 0.29) is 12.5 Å². The number of benzene rings is 2. The highest BCUT2D eigenvalue weighted by Crippen LogP contribution is 2.33. The molecule has 3 aromatic rings. The molecule has 0 saturated heterocycles. The summed E-state index contributed by atoms with van der Waals surface area (Å²) in [6, 6.07) is 18.4. The number of amides is 1. The summed E-state index contributed by atoms with van der Waals surface area (Å²) in [5.41, 5.74) is 1.43. The zero-order valence-electron chi connectivity index (χ0n) is 15.1. The molecule has 0 bridgehead atoms. The molecular formula is C21H19N3O4. The van der Waals surface area contributed by atoms with Crippen molar-refractivity contribution in [3.63, 3.8) is 0 Å². The normalized spacial score (nSPS) is 12.1. The molecule has 1 aliphatic heterocycles. The Morgan fingerprint density at radius 1 is 0.964 bits per heavy atom. The molecule has 1 aliphatic rings. The highest BCUT2D eigenvalue weighted by atomic mass is 16.6. The van der Waals surface area contributed by atoms with Gasteiger partial charge in [-0.05, 0) is 36.4 Å². The third-order valence-corrected chi connectivity index (χ3v) is 3.97. The van der Waals surface area contributed by atoms with E-state index in [1.54, 1.807) is 30.5 Å². The highest BCUT2D eigenvalue weighted by Gasteiger charge is 2.12. The van der Waals surface area contributed by atoms with Crippen LogP contribution in [0.5, 0.6) is 17.2 Å². The molecule has 0 atom stereocenters. The molecule has 2 heterocycles. The van der Waals surface area contributed by atoms with E-state index in [2.05, 4.69) is 15.6 Å². The van der Waals surface area contributed by atoms with Gasteiger partial charge in [0.25, 0.3) is 5.91 Å². The number of fused-ring (bicyclic) bond motifs is 1. The lowest BCUT2D eigenvalue weighted by Gasteiger charge is -2.19. The number of aromatic nitrogens is 1. The summed E-state index contributed by atoms with van der Waals surface area (Å²) in [6.45, 7) is 1.03. The molecular weight excluding hydrogens is 358 g/mol. The van der Waals surface area contributed by atoms with Crippen LogP contribution < -0.4 is 24.8 Å². The van der Waals surface area contributed by atoms with E-state index in [9.17, 15) is 4.79 Å². The summed E-state index contributed by atoms with van der Waals surface area (Å²) in [6.07, 6.45) is 1.58. The number of para-hydroxylation sites is 1. The minimum absolute atomic E-state index is 0.0682. The van der Waals surface area contributed by atoms with Crippen LogP contribution in [0.4, 0.5) is 17.2 Å². The number of hydrogen-bond acceptors (Lipinski definition) is 6. The van der Waals surface area contributed by atoms with Crippen LogP contribution in [0.3, 0.4) is 0 Å². The van der Waals surface area contributed by atoms with Gasteiger partial charge in [0, 0.05) is 11.8 Å². The fourth-order valence-electron chi connectivity index (χ4n) is 2.67. The average molecular weight is 377 g/mol. The van der Waals surface area contributed by atoms with Gasteiger partial charge in [0.05, 0.1) is 11.9 Å². The van der Waals surface area contributed by atoms with E-state index in [1.165, 1.54) is 0 Å². The number of nitrogens with one attached hydrogen (secondary N) is 2. The molecule has 0 spiro atoms. The van der Waals surface area contributed by atoms with Gasteiger partial charge in [0.1, 0.15) is 24.8 Å². The summed E-state index contributed by atoms with van der Waals surface area (Å²) < 4.78 is 16.5. The van der Waals surface area contributed by atoms with Crippen LogP contribution in [0.25, 0.3) is 0 Å². The topological polar surface area (TPSA) is 81.7 Å². The van der Waals surface area contributed by atoms with E-state index < -0.39 is 0 Å². The largest absolute Gasteiger partial charge is 0.486 e. The molecule has 0 radical (unpaired) electrons. The fourth-order valence-corrected chi connectivity index (χ4v) is 2.67. The number of nitrogens with zero attached hydrogens (tertiary/aromatic N) is 1. The standard InChI is InChI=1S/C21H19N3O4/c25-21(14-28-17-4-2-1-3-5-17)24-16-7-9-20(22-13-16)23-15-6-8-18-19(12-15)27-11-10-26-18/h1-9,12-13H,10-11,14H2,(H,22,23)(H,24,25). The van der Waals surface area contributed by atoms with Crippen molar-refractivity contribution in [3.05, 3.63) is 66.9 Å². The average Bonchev–Trinajstić information content (AvgIpc) is 2.74. The molecule has 0 aliphatic carbocycles. The molecule has 0 saturated carbocycles. The molecule has 0 fully saturated rings. The van der Waals surface area contributed by atoms with Gasteiger partial charge in [0.15, 0.2) is 18.1 Å². The monoisotopic (exact) mass is 377 g/mol. The molecule has 142 valence electrons. The maximum atomic E-state index is 12.0. The van der Waals surface area contributed by atoms with Crippen molar-refractivity contribution in [1.29, 1.82) is 0 Å². The molecule has 28 heavy (non-hydrogen) atoms. The maximum absolute atomic E-state index is 12.0. The van der Waals surface area contributed by atoms with Crippen LogP contribution in [-0.4, -0.2) is 30.7 Å². The van der Waals surface area contributed by atoms with Gasteiger partial charge in [-0.15, -0.1) is 0 Å². The fraction of sp³-hybridized carbons (Fsp3) is 0.143. The second-order valence-electron chi connectivity index (χ2n) is 6.07. The molecule has 7 heteroatoms. The zero-order chi connectivity index (χ0) is 19.2. The van der Waals surface area contributed by atoms with Gasteiger partial charge >= 0.3 is 0 Å². The number of ether oxygens (including phenoxy) is 3. The van der Waals surface area contributed by atoms with E-state index in [4.69, 9.17) is 14.2 Å². The van der Waals surface area contributed by atoms with Crippen LogP contribution in [-0.2, 0) is 4.79 Å². The molecule has 4 rings (SSSR count). The van der Waals surface area contributed by atoms with Crippen molar-refractivity contribution in [2.45, 2.75) is 0 Å². The highest BCUT2D eigenvalue weighted by molar-refractivity contribution is 5.91. The third-order valence-electron chi connectivity index (χ3n) is 3.97. The second kappa shape index (κ2) is 8.30. The Morgan fingerprint density at radius 2 is 1.75 bits per heavy atom. The lowest BCUT2D eigenvalue weighted by atomic mass is 10.2. The van der Waals surface area contributed by atoms with Crippen molar-refractivity contribution in [1.82, 2.24) is 4.98 Å². The molecule has 2 N–H and O–H groups in total. The summed E-state index contributed by atoms with van der Waals surface area (Å²) in [4.78, 5) is 16.3. The summed E-state index contributed by atoms with van der Waals surface area (Å²) in [7, 11) is 0. The van der Waals surface area contributed by atoms with Crippen LogP contribution in [0, 0.1) is 0 Å². The Kier molecular flexibility index (Phi) is 5.24. The van der Waals surface area contributed by atoms with Crippen LogP contribution in [0.2, 0.25) is 0 Å². The van der Waals surface area contributed by atoms with Gasteiger partial charge in [-0.2, -0.15) is 0 Å². The maximum Gasteiger partial charge on any atom is 0.262 e. The first kappa shape index (κ1) is 17.7. The molecule has 1 aromatic heterocycles. The smallest absolute Gasteiger partial charge is 0.262 e. The Balaban J connectivity index is 1.31. The predicted molar refractivity (Wildman–Crippen MR) is 106 cm³/mol. The van der Waals surface area contributed by atoms with Gasteiger partial charge in [-0.3, -0.25) is 4.79 Å².